The second-order valence-corrected chi connectivity index (χ2v) is 5.04. The zero-order valence-electron chi connectivity index (χ0n) is 12.1. The van der Waals surface area contributed by atoms with E-state index in [1.54, 1.807) is 0 Å². The Morgan fingerprint density at radius 1 is 1.25 bits per heavy atom. The maximum atomic E-state index is 11.7. The van der Waals surface area contributed by atoms with Crippen molar-refractivity contribution in [1.29, 1.82) is 0 Å². The SMILES string of the molecule is CCCOc1ccc(-c2cc(=O)[nH]c(C(C)C)n2)cc1. The number of benzene rings is 1. The highest BCUT2D eigenvalue weighted by atomic mass is 16.5. The van der Waals surface area contributed by atoms with Crippen LogP contribution in [-0.2, 0) is 0 Å². The number of aromatic amines is 1. The second-order valence-electron chi connectivity index (χ2n) is 5.04. The van der Waals surface area contributed by atoms with E-state index in [0.717, 1.165) is 17.7 Å². The van der Waals surface area contributed by atoms with Crippen molar-refractivity contribution in [3.8, 4) is 17.0 Å². The fraction of sp³-hybridized carbons (Fsp3) is 0.375. The monoisotopic (exact) mass is 272 g/mol. The first kappa shape index (κ1) is 14.3. The molecular weight excluding hydrogens is 252 g/mol. The largest absolute Gasteiger partial charge is 0.494 e. The van der Waals surface area contributed by atoms with Crippen LogP contribution in [0.2, 0.25) is 0 Å². The molecule has 0 spiro atoms. The van der Waals surface area contributed by atoms with Crippen molar-refractivity contribution >= 4 is 0 Å². The first-order chi connectivity index (χ1) is 9.60. The molecule has 0 bridgehead atoms. The predicted octanol–water partition coefficient (Wildman–Crippen LogP) is 3.35. The van der Waals surface area contributed by atoms with Gasteiger partial charge in [-0.3, -0.25) is 4.79 Å². The molecule has 0 aliphatic carbocycles. The molecule has 0 saturated carbocycles. The summed E-state index contributed by atoms with van der Waals surface area (Å²) in [6, 6.07) is 9.19. The van der Waals surface area contributed by atoms with Crippen molar-refractivity contribution in [2.24, 2.45) is 0 Å². The van der Waals surface area contributed by atoms with Crippen LogP contribution in [-0.4, -0.2) is 16.6 Å². The van der Waals surface area contributed by atoms with Gasteiger partial charge in [-0.25, -0.2) is 4.98 Å². The topological polar surface area (TPSA) is 55.0 Å². The van der Waals surface area contributed by atoms with E-state index < -0.39 is 0 Å². The van der Waals surface area contributed by atoms with Gasteiger partial charge in [0.25, 0.3) is 5.56 Å². The van der Waals surface area contributed by atoms with E-state index in [1.807, 2.05) is 38.1 Å². The van der Waals surface area contributed by atoms with Crippen LogP contribution in [0.5, 0.6) is 5.75 Å². The zero-order chi connectivity index (χ0) is 14.5. The van der Waals surface area contributed by atoms with Crippen molar-refractivity contribution in [2.75, 3.05) is 6.61 Å². The standard InChI is InChI=1S/C16H20N2O2/c1-4-9-20-13-7-5-12(6-8-13)14-10-15(19)18-16(17-14)11(2)3/h5-8,10-11H,4,9H2,1-3H3,(H,17,18,19). The molecule has 0 aliphatic heterocycles. The van der Waals surface area contributed by atoms with Gasteiger partial charge in [-0.1, -0.05) is 20.8 Å². The van der Waals surface area contributed by atoms with E-state index in [0.29, 0.717) is 18.1 Å². The third kappa shape index (κ3) is 3.47. The average molecular weight is 272 g/mol. The Kier molecular flexibility index (Phi) is 4.56. The lowest BCUT2D eigenvalue weighted by atomic mass is 10.1. The van der Waals surface area contributed by atoms with E-state index >= 15 is 0 Å². The fourth-order valence-electron chi connectivity index (χ4n) is 1.84. The van der Waals surface area contributed by atoms with E-state index in [9.17, 15) is 4.79 Å². The number of H-pyrrole nitrogens is 1. The van der Waals surface area contributed by atoms with Crippen molar-refractivity contribution in [1.82, 2.24) is 9.97 Å². The van der Waals surface area contributed by atoms with Gasteiger partial charge in [0.15, 0.2) is 0 Å². The third-order valence-corrected chi connectivity index (χ3v) is 2.93. The summed E-state index contributed by atoms with van der Waals surface area (Å²) in [7, 11) is 0. The molecule has 0 atom stereocenters. The third-order valence-electron chi connectivity index (χ3n) is 2.93. The maximum absolute atomic E-state index is 11.7. The zero-order valence-corrected chi connectivity index (χ0v) is 12.1. The summed E-state index contributed by atoms with van der Waals surface area (Å²) in [5, 5.41) is 0. The number of aromatic nitrogens is 2. The highest BCUT2D eigenvalue weighted by Gasteiger charge is 2.07. The highest BCUT2D eigenvalue weighted by Crippen LogP contribution is 2.21. The second kappa shape index (κ2) is 6.37. The Morgan fingerprint density at radius 2 is 1.95 bits per heavy atom. The summed E-state index contributed by atoms with van der Waals surface area (Å²) < 4.78 is 5.54. The van der Waals surface area contributed by atoms with Crippen molar-refractivity contribution in [2.45, 2.75) is 33.1 Å². The van der Waals surface area contributed by atoms with Gasteiger partial charge in [0, 0.05) is 17.5 Å². The van der Waals surface area contributed by atoms with Gasteiger partial charge >= 0.3 is 0 Å². The summed E-state index contributed by atoms with van der Waals surface area (Å²) in [4.78, 5) is 18.9. The molecule has 1 heterocycles. The lowest BCUT2D eigenvalue weighted by molar-refractivity contribution is 0.317. The number of hydrogen-bond acceptors (Lipinski definition) is 3. The Morgan fingerprint density at radius 3 is 2.55 bits per heavy atom. The molecule has 0 unspecified atom stereocenters. The van der Waals surface area contributed by atoms with Gasteiger partial charge in [-0.05, 0) is 30.7 Å². The summed E-state index contributed by atoms with van der Waals surface area (Å²) in [5.74, 6) is 1.73. The van der Waals surface area contributed by atoms with Crippen LogP contribution < -0.4 is 10.3 Å². The predicted molar refractivity (Wildman–Crippen MR) is 80.2 cm³/mol. The normalized spacial score (nSPS) is 10.8. The number of nitrogens with one attached hydrogen (secondary N) is 1. The number of hydrogen-bond donors (Lipinski definition) is 1. The van der Waals surface area contributed by atoms with Crippen LogP contribution in [0, 0.1) is 0 Å². The Hall–Kier alpha value is -2.10. The van der Waals surface area contributed by atoms with Crippen LogP contribution in [0.4, 0.5) is 0 Å². The van der Waals surface area contributed by atoms with Gasteiger partial charge in [0.2, 0.25) is 0 Å². The highest BCUT2D eigenvalue weighted by molar-refractivity contribution is 5.59. The smallest absolute Gasteiger partial charge is 0.251 e. The van der Waals surface area contributed by atoms with Crippen molar-refractivity contribution < 1.29 is 4.74 Å². The van der Waals surface area contributed by atoms with Crippen LogP contribution >= 0.6 is 0 Å². The molecule has 0 fully saturated rings. The molecule has 4 nitrogen and oxygen atoms in total. The number of rotatable bonds is 5. The molecule has 20 heavy (non-hydrogen) atoms. The van der Waals surface area contributed by atoms with Crippen LogP contribution in [0.3, 0.4) is 0 Å². The van der Waals surface area contributed by atoms with Crippen molar-refractivity contribution in [3.63, 3.8) is 0 Å². The van der Waals surface area contributed by atoms with E-state index in [4.69, 9.17) is 4.74 Å². The molecular formula is C16H20N2O2. The number of ether oxygens (including phenoxy) is 1. The van der Waals surface area contributed by atoms with Gasteiger partial charge in [0.05, 0.1) is 12.3 Å². The minimum atomic E-state index is -0.120. The van der Waals surface area contributed by atoms with E-state index in [-0.39, 0.29) is 11.5 Å². The quantitative estimate of drug-likeness (QED) is 0.908. The molecule has 1 aromatic carbocycles. The summed E-state index contributed by atoms with van der Waals surface area (Å²) in [6.07, 6.45) is 0.981. The molecule has 1 N–H and O–H groups in total. The lowest BCUT2D eigenvalue weighted by Crippen LogP contribution is -2.12. The van der Waals surface area contributed by atoms with Gasteiger partial charge in [-0.2, -0.15) is 0 Å². The van der Waals surface area contributed by atoms with Crippen molar-refractivity contribution in [3.05, 3.63) is 46.5 Å². The lowest BCUT2D eigenvalue weighted by Gasteiger charge is -2.08. The Balaban J connectivity index is 2.29. The minimum absolute atomic E-state index is 0.120. The number of nitrogens with zero attached hydrogens (tertiary/aromatic N) is 1. The first-order valence-corrected chi connectivity index (χ1v) is 6.94. The minimum Gasteiger partial charge on any atom is -0.494 e. The molecule has 2 aromatic rings. The van der Waals surface area contributed by atoms with Crippen LogP contribution in [0.15, 0.2) is 35.1 Å². The molecule has 4 heteroatoms. The molecule has 1 aromatic heterocycles. The molecule has 106 valence electrons. The summed E-state index contributed by atoms with van der Waals surface area (Å²) in [6.45, 7) is 6.79. The van der Waals surface area contributed by atoms with Gasteiger partial charge in [-0.15, -0.1) is 0 Å². The van der Waals surface area contributed by atoms with E-state index in [1.165, 1.54) is 6.07 Å². The molecule has 2 rings (SSSR count). The van der Waals surface area contributed by atoms with Gasteiger partial charge in [0.1, 0.15) is 11.6 Å². The maximum Gasteiger partial charge on any atom is 0.251 e. The molecule has 0 saturated heterocycles. The molecule has 0 radical (unpaired) electrons. The Labute approximate surface area is 118 Å². The summed E-state index contributed by atoms with van der Waals surface area (Å²) in [5.41, 5.74) is 1.49. The van der Waals surface area contributed by atoms with Gasteiger partial charge < -0.3 is 9.72 Å². The van der Waals surface area contributed by atoms with Crippen LogP contribution in [0.1, 0.15) is 38.9 Å². The Bertz CT molecular complexity index is 615. The van der Waals surface area contributed by atoms with E-state index in [2.05, 4.69) is 16.9 Å². The first-order valence-electron chi connectivity index (χ1n) is 6.94. The average Bonchev–Trinajstić information content (AvgIpc) is 2.45. The fourth-order valence-corrected chi connectivity index (χ4v) is 1.84. The van der Waals surface area contributed by atoms with Crippen LogP contribution in [0.25, 0.3) is 11.3 Å². The molecule has 0 amide bonds. The summed E-state index contributed by atoms with van der Waals surface area (Å²) >= 11 is 0. The molecule has 0 aliphatic rings.